The molecule has 2 rings (SSSR count). The topological polar surface area (TPSA) is 70.2 Å². The minimum Gasteiger partial charge on any atom is -0.464 e. The van der Waals surface area contributed by atoms with Crippen LogP contribution in [0.1, 0.15) is 29.0 Å². The first kappa shape index (κ1) is 12.1. The zero-order valence-electron chi connectivity index (χ0n) is 10.2. The van der Waals surface area contributed by atoms with Gasteiger partial charge >= 0.3 is 5.97 Å². The predicted molar refractivity (Wildman–Crippen MR) is 62.8 cm³/mol. The third kappa shape index (κ3) is 2.48. The molecule has 17 heavy (non-hydrogen) atoms. The molecule has 0 spiro atoms. The Hall–Kier alpha value is -1.40. The summed E-state index contributed by atoms with van der Waals surface area (Å²) in [5.41, 5.74) is 1.36. The number of ether oxygens (including phenoxy) is 1. The molecule has 1 aromatic heterocycles. The summed E-state index contributed by atoms with van der Waals surface area (Å²) in [6.45, 7) is 6.01. The van der Waals surface area contributed by atoms with Crippen LogP contribution < -0.4 is 5.32 Å². The first-order valence-corrected chi connectivity index (χ1v) is 5.80. The molecule has 1 aromatic rings. The van der Waals surface area contributed by atoms with Gasteiger partial charge in [0.05, 0.1) is 13.3 Å². The van der Waals surface area contributed by atoms with Crippen molar-refractivity contribution >= 4 is 5.97 Å². The van der Waals surface area contributed by atoms with Crippen LogP contribution in [0, 0.1) is 0 Å². The summed E-state index contributed by atoms with van der Waals surface area (Å²) in [5.74, 6) is -0.362. The molecule has 0 radical (unpaired) electrons. The van der Waals surface area contributed by atoms with Crippen LogP contribution in [0.2, 0.25) is 0 Å². The molecule has 1 fully saturated rings. The van der Waals surface area contributed by atoms with Crippen molar-refractivity contribution in [1.29, 1.82) is 0 Å². The van der Waals surface area contributed by atoms with Crippen LogP contribution >= 0.6 is 0 Å². The number of H-pyrrole nitrogens is 1. The van der Waals surface area contributed by atoms with Crippen molar-refractivity contribution in [2.75, 3.05) is 33.3 Å². The number of nitrogens with zero attached hydrogens (tertiary/aromatic N) is 2. The van der Waals surface area contributed by atoms with Gasteiger partial charge < -0.3 is 10.1 Å². The molecule has 6 heteroatoms. The average Bonchev–Trinajstić information content (AvgIpc) is 2.87. The number of aromatic amines is 1. The van der Waals surface area contributed by atoms with E-state index in [-0.39, 0.29) is 12.0 Å². The molecular weight excluding hydrogens is 220 g/mol. The maximum absolute atomic E-state index is 11.6. The Morgan fingerprint density at radius 3 is 2.88 bits per heavy atom. The Bertz CT molecular complexity index is 385. The standard InChI is InChI=1S/C11H18N4O2/c1-8(15-5-3-12-4-6-15)9-7-13-14-10(9)11(16)17-2/h7-8,12H,3-6H2,1-2H3,(H,13,14). The number of nitrogens with one attached hydrogen (secondary N) is 2. The summed E-state index contributed by atoms with van der Waals surface area (Å²) in [6.07, 6.45) is 1.71. The highest BCUT2D eigenvalue weighted by molar-refractivity contribution is 5.88. The first-order chi connectivity index (χ1) is 8.24. The lowest BCUT2D eigenvalue weighted by molar-refractivity contribution is 0.0589. The lowest BCUT2D eigenvalue weighted by atomic mass is 10.1. The molecule has 2 N–H and O–H groups in total. The third-order valence-electron chi connectivity index (χ3n) is 3.21. The van der Waals surface area contributed by atoms with Crippen molar-refractivity contribution in [3.8, 4) is 0 Å². The SMILES string of the molecule is COC(=O)c1[nH]ncc1C(C)N1CCNCC1. The summed E-state index contributed by atoms with van der Waals surface area (Å²) in [4.78, 5) is 13.9. The highest BCUT2D eigenvalue weighted by Gasteiger charge is 2.24. The van der Waals surface area contributed by atoms with E-state index in [0.717, 1.165) is 31.7 Å². The first-order valence-electron chi connectivity index (χ1n) is 5.80. The summed E-state index contributed by atoms with van der Waals surface area (Å²) in [5, 5.41) is 9.96. The van der Waals surface area contributed by atoms with Gasteiger partial charge in [0.15, 0.2) is 0 Å². The lowest BCUT2D eigenvalue weighted by Gasteiger charge is -2.32. The second kappa shape index (κ2) is 5.29. The Morgan fingerprint density at radius 2 is 2.24 bits per heavy atom. The van der Waals surface area contributed by atoms with Crippen molar-refractivity contribution in [3.05, 3.63) is 17.5 Å². The van der Waals surface area contributed by atoms with Crippen molar-refractivity contribution in [2.45, 2.75) is 13.0 Å². The maximum Gasteiger partial charge on any atom is 0.356 e. The molecule has 1 saturated heterocycles. The normalized spacial score (nSPS) is 18.9. The average molecular weight is 238 g/mol. The molecule has 0 saturated carbocycles. The van der Waals surface area contributed by atoms with Gasteiger partial charge in [0.2, 0.25) is 0 Å². The molecular formula is C11H18N4O2. The molecule has 94 valence electrons. The molecule has 0 aliphatic carbocycles. The number of esters is 1. The molecule has 0 bridgehead atoms. The van der Waals surface area contributed by atoms with Crippen LogP contribution in [0.25, 0.3) is 0 Å². The molecule has 0 aromatic carbocycles. The number of carbonyl (C=O) groups excluding carboxylic acids is 1. The molecule has 0 amide bonds. The van der Waals surface area contributed by atoms with Gasteiger partial charge in [0, 0.05) is 37.8 Å². The Morgan fingerprint density at radius 1 is 1.53 bits per heavy atom. The van der Waals surface area contributed by atoms with E-state index < -0.39 is 0 Å². The van der Waals surface area contributed by atoms with Gasteiger partial charge in [-0.05, 0) is 6.92 Å². The van der Waals surface area contributed by atoms with Gasteiger partial charge in [-0.15, -0.1) is 0 Å². The van der Waals surface area contributed by atoms with Gasteiger partial charge in [-0.1, -0.05) is 0 Å². The zero-order valence-corrected chi connectivity index (χ0v) is 10.2. The van der Waals surface area contributed by atoms with Gasteiger partial charge in [0.25, 0.3) is 0 Å². The van der Waals surface area contributed by atoms with Crippen LogP contribution in [0.5, 0.6) is 0 Å². The number of hydrogen-bond acceptors (Lipinski definition) is 5. The van der Waals surface area contributed by atoms with Gasteiger partial charge in [-0.2, -0.15) is 5.10 Å². The highest BCUT2D eigenvalue weighted by Crippen LogP contribution is 2.22. The summed E-state index contributed by atoms with van der Waals surface area (Å²) < 4.78 is 4.73. The van der Waals surface area contributed by atoms with Crippen molar-refractivity contribution in [3.63, 3.8) is 0 Å². The molecule has 2 heterocycles. The van der Waals surface area contributed by atoms with E-state index in [1.807, 2.05) is 0 Å². The lowest BCUT2D eigenvalue weighted by Crippen LogP contribution is -2.44. The largest absolute Gasteiger partial charge is 0.464 e. The fourth-order valence-corrected chi connectivity index (χ4v) is 2.14. The minimum absolute atomic E-state index is 0.171. The van der Waals surface area contributed by atoms with Crippen molar-refractivity contribution in [2.24, 2.45) is 0 Å². The van der Waals surface area contributed by atoms with Crippen molar-refractivity contribution < 1.29 is 9.53 Å². The van der Waals surface area contributed by atoms with E-state index in [9.17, 15) is 4.79 Å². The molecule has 1 atom stereocenters. The quantitative estimate of drug-likeness (QED) is 0.734. The summed E-state index contributed by atoms with van der Waals surface area (Å²) in [7, 11) is 1.38. The number of aromatic nitrogens is 2. The van der Waals surface area contributed by atoms with Crippen LogP contribution in [0.3, 0.4) is 0 Å². The van der Waals surface area contributed by atoms with E-state index in [4.69, 9.17) is 4.74 Å². The van der Waals surface area contributed by atoms with Gasteiger partial charge in [-0.25, -0.2) is 4.79 Å². The van der Waals surface area contributed by atoms with E-state index in [2.05, 4.69) is 27.3 Å². The van der Waals surface area contributed by atoms with Crippen LogP contribution in [0.15, 0.2) is 6.20 Å². The monoisotopic (exact) mass is 238 g/mol. The maximum atomic E-state index is 11.6. The fourth-order valence-electron chi connectivity index (χ4n) is 2.14. The van der Waals surface area contributed by atoms with Crippen LogP contribution in [0.4, 0.5) is 0 Å². The number of hydrogen-bond donors (Lipinski definition) is 2. The van der Waals surface area contributed by atoms with E-state index in [1.165, 1.54) is 7.11 Å². The smallest absolute Gasteiger partial charge is 0.356 e. The predicted octanol–water partition coefficient (Wildman–Crippen LogP) is 0.162. The number of carbonyl (C=O) groups is 1. The number of piperazine rings is 1. The molecule has 1 aliphatic rings. The Kier molecular flexibility index (Phi) is 3.75. The third-order valence-corrected chi connectivity index (χ3v) is 3.21. The highest BCUT2D eigenvalue weighted by atomic mass is 16.5. The van der Waals surface area contributed by atoms with Crippen LogP contribution in [-0.2, 0) is 4.74 Å². The summed E-state index contributed by atoms with van der Waals surface area (Å²) in [6, 6.07) is 0.171. The van der Waals surface area contributed by atoms with Gasteiger partial charge in [-0.3, -0.25) is 10.00 Å². The number of rotatable bonds is 3. The van der Waals surface area contributed by atoms with Gasteiger partial charge in [0.1, 0.15) is 5.69 Å². The van der Waals surface area contributed by atoms with E-state index >= 15 is 0 Å². The van der Waals surface area contributed by atoms with E-state index in [0.29, 0.717) is 5.69 Å². The second-order valence-corrected chi connectivity index (χ2v) is 4.15. The minimum atomic E-state index is -0.362. The molecule has 6 nitrogen and oxygen atoms in total. The molecule has 1 unspecified atom stereocenters. The molecule has 1 aliphatic heterocycles. The summed E-state index contributed by atoms with van der Waals surface area (Å²) >= 11 is 0. The Labute approximate surface area is 100 Å². The Balaban J connectivity index is 2.15. The number of methoxy groups -OCH3 is 1. The second-order valence-electron chi connectivity index (χ2n) is 4.15. The van der Waals surface area contributed by atoms with Crippen LogP contribution in [-0.4, -0.2) is 54.4 Å². The zero-order chi connectivity index (χ0) is 12.3. The fraction of sp³-hybridized carbons (Fsp3) is 0.636. The van der Waals surface area contributed by atoms with E-state index in [1.54, 1.807) is 6.20 Å². The van der Waals surface area contributed by atoms with Crippen molar-refractivity contribution in [1.82, 2.24) is 20.4 Å².